The summed E-state index contributed by atoms with van der Waals surface area (Å²) in [6.07, 6.45) is 3.09. The highest BCUT2D eigenvalue weighted by molar-refractivity contribution is 7.07. The van der Waals surface area contributed by atoms with Gasteiger partial charge in [0.05, 0.1) is 46.7 Å². The van der Waals surface area contributed by atoms with Gasteiger partial charge in [-0.3, -0.25) is 9.36 Å². The van der Waals surface area contributed by atoms with Crippen LogP contribution in [0.2, 0.25) is 10.0 Å². The second-order valence-corrected chi connectivity index (χ2v) is 12.0. The minimum absolute atomic E-state index is 0.182. The molecule has 0 spiro atoms. The second-order valence-electron chi connectivity index (χ2n) is 10.1. The molecule has 0 unspecified atom stereocenters. The molecule has 0 saturated carbocycles. The lowest BCUT2D eigenvalue weighted by atomic mass is 9.93. The van der Waals surface area contributed by atoms with Crippen LogP contribution in [0.15, 0.2) is 81.7 Å². The second kappa shape index (κ2) is 14.4. The van der Waals surface area contributed by atoms with Gasteiger partial charge < -0.3 is 18.9 Å². The van der Waals surface area contributed by atoms with Crippen molar-refractivity contribution in [2.75, 3.05) is 20.8 Å². The summed E-state index contributed by atoms with van der Waals surface area (Å²) in [7, 11) is 3.11. The number of rotatable bonds is 11. The molecule has 1 aliphatic rings. The van der Waals surface area contributed by atoms with E-state index in [9.17, 15) is 9.59 Å². The molecule has 4 aromatic rings. The van der Waals surface area contributed by atoms with Gasteiger partial charge >= 0.3 is 5.97 Å². The standard InChI is InChI=1S/C34H32Cl2N2O6S/c1-5-7-27-30(33(40)43-6-2)31(24-18-23(41-3)13-15-28(24)42-4)38-32(39)29(45-34(38)37-27)17-20-8-11-22(12-9-20)44-19-21-10-14-25(35)26(36)16-21/h8-18,31H,5-7,19H2,1-4H3/b29-17+/t31-/m1/s1. The van der Waals surface area contributed by atoms with E-state index >= 15 is 0 Å². The van der Waals surface area contributed by atoms with Gasteiger partial charge in [0.15, 0.2) is 4.80 Å². The van der Waals surface area contributed by atoms with Crippen molar-refractivity contribution in [3.05, 3.63) is 118 Å². The van der Waals surface area contributed by atoms with Crippen molar-refractivity contribution in [2.24, 2.45) is 4.99 Å². The van der Waals surface area contributed by atoms with Crippen LogP contribution in [0.4, 0.5) is 0 Å². The molecule has 11 heteroatoms. The first kappa shape index (κ1) is 32.3. The van der Waals surface area contributed by atoms with Gasteiger partial charge in [0, 0.05) is 5.56 Å². The Hall–Kier alpha value is -4.05. The first-order valence-corrected chi connectivity index (χ1v) is 16.0. The van der Waals surface area contributed by atoms with Gasteiger partial charge in [0.2, 0.25) is 0 Å². The molecule has 0 radical (unpaired) electrons. The Morgan fingerprint density at radius 1 is 0.978 bits per heavy atom. The highest BCUT2D eigenvalue weighted by atomic mass is 35.5. The molecule has 45 heavy (non-hydrogen) atoms. The zero-order chi connectivity index (χ0) is 32.1. The summed E-state index contributed by atoms with van der Waals surface area (Å²) in [5, 5.41) is 0.959. The first-order chi connectivity index (χ1) is 21.8. The molecule has 0 amide bonds. The fraction of sp³-hybridized carbons (Fsp3) is 0.265. The number of thiazole rings is 1. The van der Waals surface area contributed by atoms with Gasteiger partial charge in [-0.25, -0.2) is 9.79 Å². The molecule has 8 nitrogen and oxygen atoms in total. The Balaban J connectivity index is 1.57. The average molecular weight is 668 g/mol. The zero-order valence-corrected chi connectivity index (χ0v) is 27.6. The fourth-order valence-corrected chi connectivity index (χ4v) is 6.42. The van der Waals surface area contributed by atoms with Crippen LogP contribution in [0.1, 0.15) is 49.4 Å². The van der Waals surface area contributed by atoms with Gasteiger partial charge in [-0.2, -0.15) is 0 Å². The van der Waals surface area contributed by atoms with Crippen molar-refractivity contribution in [2.45, 2.75) is 39.3 Å². The molecular formula is C34H32Cl2N2O6S. The number of hydrogen-bond acceptors (Lipinski definition) is 8. The van der Waals surface area contributed by atoms with Gasteiger partial charge in [0.1, 0.15) is 29.9 Å². The van der Waals surface area contributed by atoms with Crippen LogP contribution in [-0.2, 0) is 16.1 Å². The molecule has 3 aromatic carbocycles. The number of carbonyl (C=O) groups excluding carboxylic acids is 1. The van der Waals surface area contributed by atoms with Gasteiger partial charge in [0.25, 0.3) is 5.56 Å². The summed E-state index contributed by atoms with van der Waals surface area (Å²) < 4.78 is 24.6. The summed E-state index contributed by atoms with van der Waals surface area (Å²) in [5.74, 6) is 1.21. The third kappa shape index (κ3) is 6.96. The maximum absolute atomic E-state index is 14.1. The van der Waals surface area contributed by atoms with Gasteiger partial charge in [-0.15, -0.1) is 0 Å². The third-order valence-corrected chi connectivity index (χ3v) is 8.91. The van der Waals surface area contributed by atoms with Crippen LogP contribution in [0, 0.1) is 0 Å². The number of ether oxygens (including phenoxy) is 4. The molecular weight excluding hydrogens is 635 g/mol. The minimum Gasteiger partial charge on any atom is -0.497 e. The van der Waals surface area contributed by atoms with Crippen LogP contribution in [0.25, 0.3) is 6.08 Å². The van der Waals surface area contributed by atoms with Crippen molar-refractivity contribution < 1.29 is 23.7 Å². The van der Waals surface area contributed by atoms with E-state index in [0.717, 1.165) is 17.5 Å². The lowest BCUT2D eigenvalue weighted by Gasteiger charge is -2.27. The summed E-state index contributed by atoms with van der Waals surface area (Å²) in [4.78, 5) is 32.9. The Morgan fingerprint density at radius 2 is 1.73 bits per heavy atom. The van der Waals surface area contributed by atoms with Crippen LogP contribution >= 0.6 is 34.5 Å². The lowest BCUT2D eigenvalue weighted by molar-refractivity contribution is -0.139. The van der Waals surface area contributed by atoms with Crippen molar-refractivity contribution in [1.82, 2.24) is 4.57 Å². The van der Waals surface area contributed by atoms with E-state index in [-0.39, 0.29) is 12.2 Å². The maximum atomic E-state index is 14.1. The number of nitrogens with zero attached hydrogens (tertiary/aromatic N) is 2. The molecule has 0 N–H and O–H groups in total. The number of benzene rings is 3. The predicted octanol–water partition coefficient (Wildman–Crippen LogP) is 6.48. The number of halogens is 2. The van der Waals surface area contributed by atoms with Crippen molar-refractivity contribution in [3.63, 3.8) is 0 Å². The van der Waals surface area contributed by atoms with E-state index in [1.54, 1.807) is 62.1 Å². The molecule has 0 bridgehead atoms. The van der Waals surface area contributed by atoms with Gasteiger partial charge in [-0.05, 0) is 73.0 Å². The molecule has 234 valence electrons. The molecule has 0 fully saturated rings. The van der Waals surface area contributed by atoms with E-state index in [0.29, 0.717) is 66.5 Å². The van der Waals surface area contributed by atoms with Crippen molar-refractivity contribution in [3.8, 4) is 17.2 Å². The van der Waals surface area contributed by atoms with Crippen LogP contribution in [0.5, 0.6) is 17.2 Å². The SMILES string of the molecule is CCCC1=C(C(=O)OCC)[C@@H](c2cc(OC)ccc2OC)n2c(s/c(=C/c3ccc(OCc4ccc(Cl)c(Cl)c4)cc3)c2=O)=N1. The van der Waals surface area contributed by atoms with E-state index < -0.39 is 12.0 Å². The van der Waals surface area contributed by atoms with E-state index in [4.69, 9.17) is 47.1 Å². The molecule has 1 aromatic heterocycles. The maximum Gasteiger partial charge on any atom is 0.338 e. The number of hydrogen-bond donors (Lipinski definition) is 0. The molecule has 1 aliphatic heterocycles. The number of aromatic nitrogens is 1. The highest BCUT2D eigenvalue weighted by Gasteiger charge is 2.36. The largest absolute Gasteiger partial charge is 0.497 e. The quantitative estimate of drug-likeness (QED) is 0.170. The van der Waals surface area contributed by atoms with Crippen molar-refractivity contribution >= 4 is 46.6 Å². The predicted molar refractivity (Wildman–Crippen MR) is 176 cm³/mol. The molecule has 0 saturated heterocycles. The van der Waals surface area contributed by atoms with Gasteiger partial charge in [-0.1, -0.05) is 66.1 Å². The fourth-order valence-electron chi connectivity index (χ4n) is 5.08. The monoisotopic (exact) mass is 666 g/mol. The normalized spacial score (nSPS) is 14.5. The number of fused-ring (bicyclic) bond motifs is 1. The number of esters is 1. The molecule has 5 rings (SSSR count). The van der Waals surface area contributed by atoms with Crippen LogP contribution in [0.3, 0.4) is 0 Å². The summed E-state index contributed by atoms with van der Waals surface area (Å²) in [5.41, 5.74) is 2.90. The molecule has 0 aliphatic carbocycles. The highest BCUT2D eigenvalue weighted by Crippen LogP contribution is 2.38. The number of allylic oxidation sites excluding steroid dienone is 1. The summed E-state index contributed by atoms with van der Waals surface area (Å²) in [6, 6.07) is 17.3. The number of methoxy groups -OCH3 is 2. The van der Waals surface area contributed by atoms with E-state index in [1.165, 1.54) is 11.3 Å². The van der Waals surface area contributed by atoms with Crippen LogP contribution in [-0.4, -0.2) is 31.4 Å². The average Bonchev–Trinajstić information content (AvgIpc) is 3.35. The van der Waals surface area contributed by atoms with Crippen molar-refractivity contribution in [1.29, 1.82) is 0 Å². The third-order valence-electron chi connectivity index (χ3n) is 7.19. The molecule has 2 heterocycles. The zero-order valence-electron chi connectivity index (χ0n) is 25.3. The summed E-state index contributed by atoms with van der Waals surface area (Å²) >= 11 is 13.4. The lowest BCUT2D eigenvalue weighted by Crippen LogP contribution is -2.40. The van der Waals surface area contributed by atoms with E-state index in [1.807, 2.05) is 37.3 Å². The van der Waals surface area contributed by atoms with Crippen LogP contribution < -0.4 is 29.1 Å². The Kier molecular flexibility index (Phi) is 10.3. The Morgan fingerprint density at radius 3 is 2.40 bits per heavy atom. The first-order valence-electron chi connectivity index (χ1n) is 14.4. The topological polar surface area (TPSA) is 88.4 Å². The Labute approximate surface area is 274 Å². The number of carbonyl (C=O) groups is 1. The smallest absolute Gasteiger partial charge is 0.338 e. The minimum atomic E-state index is -0.828. The summed E-state index contributed by atoms with van der Waals surface area (Å²) in [6.45, 7) is 4.27. The van der Waals surface area contributed by atoms with E-state index in [2.05, 4.69) is 0 Å². The molecule has 1 atom stereocenters. The Bertz CT molecular complexity index is 1930.